The van der Waals surface area contributed by atoms with Gasteiger partial charge in [0.1, 0.15) is 0 Å². The highest BCUT2D eigenvalue weighted by molar-refractivity contribution is 14.1. The van der Waals surface area contributed by atoms with Crippen LogP contribution in [0.3, 0.4) is 0 Å². The van der Waals surface area contributed by atoms with Gasteiger partial charge in [0.2, 0.25) is 0 Å². The number of pyridine rings is 1. The van der Waals surface area contributed by atoms with Crippen LogP contribution in [0.4, 0.5) is 8.78 Å². The molecular formula is C12H8F2IN. The first-order chi connectivity index (χ1) is 7.59. The number of aromatic nitrogens is 1. The Morgan fingerprint density at radius 1 is 1.25 bits per heavy atom. The largest absolute Gasteiger partial charge is 0.255 e. The van der Waals surface area contributed by atoms with Crippen LogP contribution >= 0.6 is 22.6 Å². The zero-order chi connectivity index (χ0) is 11.7. The van der Waals surface area contributed by atoms with Gasteiger partial charge in [-0.2, -0.15) is 0 Å². The van der Waals surface area contributed by atoms with E-state index in [2.05, 4.69) is 27.6 Å². The van der Waals surface area contributed by atoms with Crippen LogP contribution < -0.4 is 0 Å². The summed E-state index contributed by atoms with van der Waals surface area (Å²) in [5, 5.41) is 0. The van der Waals surface area contributed by atoms with Gasteiger partial charge in [-0.3, -0.25) is 4.98 Å². The number of benzene rings is 1. The molecule has 0 saturated heterocycles. The molecule has 1 heterocycles. The van der Waals surface area contributed by atoms with Crippen LogP contribution in [0.5, 0.6) is 0 Å². The first kappa shape index (κ1) is 11.4. The van der Waals surface area contributed by atoms with Crippen LogP contribution in [0.2, 0.25) is 0 Å². The number of halogens is 3. The van der Waals surface area contributed by atoms with Gasteiger partial charge < -0.3 is 0 Å². The maximum atomic E-state index is 13.5. The van der Waals surface area contributed by atoms with Gasteiger partial charge >= 0.3 is 0 Å². The van der Waals surface area contributed by atoms with Gasteiger partial charge in [-0.05, 0) is 53.3 Å². The quantitative estimate of drug-likeness (QED) is 0.722. The number of nitrogens with zero attached hydrogens (tertiary/aromatic N) is 1. The minimum Gasteiger partial charge on any atom is -0.255 e. The number of rotatable bonds is 1. The lowest BCUT2D eigenvalue weighted by molar-refractivity contribution is 0.511. The molecule has 2 rings (SSSR count). The van der Waals surface area contributed by atoms with Crippen molar-refractivity contribution in [3.05, 3.63) is 51.2 Å². The minimum absolute atomic E-state index is 0.194. The molecule has 0 aliphatic carbocycles. The molecule has 0 amide bonds. The molecule has 1 aromatic heterocycles. The monoisotopic (exact) mass is 331 g/mol. The first-order valence-electron chi connectivity index (χ1n) is 4.66. The molecule has 0 aliphatic heterocycles. The van der Waals surface area contributed by atoms with Crippen LogP contribution in [0.15, 0.2) is 30.5 Å². The third-order valence-corrected chi connectivity index (χ3v) is 3.40. The van der Waals surface area contributed by atoms with Crippen molar-refractivity contribution >= 4 is 22.6 Å². The zero-order valence-electron chi connectivity index (χ0n) is 8.47. The molecule has 1 aromatic carbocycles. The summed E-state index contributed by atoms with van der Waals surface area (Å²) in [7, 11) is 0. The summed E-state index contributed by atoms with van der Waals surface area (Å²) in [6.07, 6.45) is 1.65. The number of hydrogen-bond acceptors (Lipinski definition) is 1. The summed E-state index contributed by atoms with van der Waals surface area (Å²) in [6.45, 7) is 1.91. The van der Waals surface area contributed by atoms with Gasteiger partial charge in [0.25, 0.3) is 0 Å². The number of aryl methyl sites for hydroxylation is 1. The van der Waals surface area contributed by atoms with Crippen LogP contribution in [0.25, 0.3) is 11.3 Å². The fraction of sp³-hybridized carbons (Fsp3) is 0.0833. The predicted octanol–water partition coefficient (Wildman–Crippen LogP) is 3.94. The highest BCUT2D eigenvalue weighted by Crippen LogP contribution is 2.24. The Morgan fingerprint density at radius 2 is 2.00 bits per heavy atom. The third-order valence-electron chi connectivity index (χ3n) is 2.27. The molecule has 4 heteroatoms. The Labute approximate surface area is 106 Å². The Morgan fingerprint density at radius 3 is 2.69 bits per heavy atom. The SMILES string of the molecule is Cc1cc(-c2cccc(F)c2F)ncc1I. The second-order valence-corrected chi connectivity index (χ2v) is 4.58. The summed E-state index contributed by atoms with van der Waals surface area (Å²) in [5.41, 5.74) is 1.64. The van der Waals surface area contributed by atoms with E-state index >= 15 is 0 Å². The summed E-state index contributed by atoms with van der Waals surface area (Å²) >= 11 is 2.15. The normalized spacial score (nSPS) is 10.5. The van der Waals surface area contributed by atoms with Crippen molar-refractivity contribution in [2.75, 3.05) is 0 Å². The van der Waals surface area contributed by atoms with Crippen LogP contribution in [0.1, 0.15) is 5.56 Å². The van der Waals surface area contributed by atoms with Crippen molar-refractivity contribution in [2.45, 2.75) is 6.92 Å². The maximum absolute atomic E-state index is 13.5. The second kappa shape index (κ2) is 4.45. The predicted molar refractivity (Wildman–Crippen MR) is 67.0 cm³/mol. The van der Waals surface area contributed by atoms with Gasteiger partial charge in [-0.1, -0.05) is 6.07 Å². The number of hydrogen-bond donors (Lipinski definition) is 0. The second-order valence-electron chi connectivity index (χ2n) is 3.42. The van der Waals surface area contributed by atoms with E-state index in [-0.39, 0.29) is 5.56 Å². The summed E-state index contributed by atoms with van der Waals surface area (Å²) in [4.78, 5) is 4.10. The average molecular weight is 331 g/mol. The van der Waals surface area contributed by atoms with Crippen LogP contribution in [0, 0.1) is 22.1 Å². The lowest BCUT2D eigenvalue weighted by Gasteiger charge is -2.05. The summed E-state index contributed by atoms with van der Waals surface area (Å²) in [6, 6.07) is 5.84. The van der Waals surface area contributed by atoms with Crippen LogP contribution in [-0.2, 0) is 0 Å². The lowest BCUT2D eigenvalue weighted by atomic mass is 10.1. The van der Waals surface area contributed by atoms with E-state index in [1.54, 1.807) is 12.3 Å². The van der Waals surface area contributed by atoms with E-state index in [9.17, 15) is 8.78 Å². The van der Waals surface area contributed by atoms with Gasteiger partial charge in [0.15, 0.2) is 11.6 Å². The van der Waals surface area contributed by atoms with Crippen LogP contribution in [-0.4, -0.2) is 4.98 Å². The van der Waals surface area contributed by atoms with Crippen molar-refractivity contribution in [1.29, 1.82) is 0 Å². The van der Waals surface area contributed by atoms with E-state index in [4.69, 9.17) is 0 Å². The van der Waals surface area contributed by atoms with E-state index < -0.39 is 11.6 Å². The van der Waals surface area contributed by atoms with Gasteiger partial charge in [0.05, 0.1) is 5.69 Å². The standard InChI is InChI=1S/C12H8F2IN/c1-7-5-11(16-6-10(7)15)8-3-2-4-9(13)12(8)14/h2-6H,1H3. The molecule has 2 aromatic rings. The molecule has 0 radical (unpaired) electrons. The average Bonchev–Trinajstić information content (AvgIpc) is 2.26. The molecule has 1 nitrogen and oxygen atoms in total. The third kappa shape index (κ3) is 2.07. The Hall–Kier alpha value is -1.04. The highest BCUT2D eigenvalue weighted by atomic mass is 127. The Bertz CT molecular complexity index is 541. The molecule has 0 spiro atoms. The summed E-state index contributed by atoms with van der Waals surface area (Å²) < 4.78 is 27.5. The molecule has 0 atom stereocenters. The molecule has 0 bridgehead atoms. The smallest absolute Gasteiger partial charge is 0.168 e. The van der Waals surface area contributed by atoms with E-state index in [1.165, 1.54) is 12.1 Å². The van der Waals surface area contributed by atoms with E-state index in [0.29, 0.717) is 5.69 Å². The van der Waals surface area contributed by atoms with E-state index in [1.807, 2.05) is 6.92 Å². The fourth-order valence-electron chi connectivity index (χ4n) is 1.39. The lowest BCUT2D eigenvalue weighted by Crippen LogP contribution is -1.93. The molecule has 0 unspecified atom stereocenters. The van der Waals surface area contributed by atoms with Crippen molar-refractivity contribution in [3.8, 4) is 11.3 Å². The molecule has 82 valence electrons. The molecular weight excluding hydrogens is 323 g/mol. The van der Waals surface area contributed by atoms with Gasteiger partial charge in [0, 0.05) is 15.3 Å². The Balaban J connectivity index is 2.59. The molecule has 0 N–H and O–H groups in total. The minimum atomic E-state index is -0.851. The molecule has 0 saturated carbocycles. The van der Waals surface area contributed by atoms with Gasteiger partial charge in [-0.15, -0.1) is 0 Å². The van der Waals surface area contributed by atoms with Gasteiger partial charge in [-0.25, -0.2) is 8.78 Å². The topological polar surface area (TPSA) is 12.9 Å². The van der Waals surface area contributed by atoms with Crippen molar-refractivity contribution in [2.24, 2.45) is 0 Å². The molecule has 0 fully saturated rings. The fourth-order valence-corrected chi connectivity index (χ4v) is 1.68. The Kier molecular flexibility index (Phi) is 3.18. The van der Waals surface area contributed by atoms with E-state index in [0.717, 1.165) is 15.2 Å². The first-order valence-corrected chi connectivity index (χ1v) is 5.74. The highest BCUT2D eigenvalue weighted by Gasteiger charge is 2.11. The molecule has 0 aliphatic rings. The molecule has 16 heavy (non-hydrogen) atoms. The van der Waals surface area contributed by atoms with Crippen molar-refractivity contribution in [3.63, 3.8) is 0 Å². The summed E-state index contributed by atoms with van der Waals surface area (Å²) in [5.74, 6) is -1.70. The zero-order valence-corrected chi connectivity index (χ0v) is 10.6. The van der Waals surface area contributed by atoms with Crippen molar-refractivity contribution in [1.82, 2.24) is 4.98 Å². The van der Waals surface area contributed by atoms with Crippen molar-refractivity contribution < 1.29 is 8.78 Å². The maximum Gasteiger partial charge on any atom is 0.168 e.